The van der Waals surface area contributed by atoms with Crippen LogP contribution in [0.2, 0.25) is 0 Å². The van der Waals surface area contributed by atoms with E-state index in [4.69, 9.17) is 0 Å². The summed E-state index contributed by atoms with van der Waals surface area (Å²) < 4.78 is 0. The molecule has 1 aliphatic carbocycles. The molecule has 0 heterocycles. The van der Waals surface area contributed by atoms with E-state index in [1.54, 1.807) is 6.08 Å². The highest BCUT2D eigenvalue weighted by molar-refractivity contribution is 5.11. The van der Waals surface area contributed by atoms with Gasteiger partial charge in [0.1, 0.15) is 0 Å². The van der Waals surface area contributed by atoms with E-state index in [9.17, 15) is 5.11 Å². The van der Waals surface area contributed by atoms with Gasteiger partial charge in [-0.25, -0.2) is 0 Å². The number of hydrogen-bond donors (Lipinski definition) is 1. The molecule has 1 unspecified atom stereocenters. The molecule has 55 valence electrons. The van der Waals surface area contributed by atoms with E-state index in [-0.39, 0.29) is 0 Å². The second kappa shape index (κ2) is 3.57. The second-order valence-electron chi connectivity index (χ2n) is 2.59. The average Bonchev–Trinajstić information content (AvgIpc) is 2.05. The molecule has 0 fully saturated rings. The maximum atomic E-state index is 9.27. The zero-order valence-electron chi connectivity index (χ0n) is 6.14. The molecule has 0 aromatic carbocycles. The Balaban J connectivity index is 2.52. The third kappa shape index (κ3) is 1.71. The molecule has 0 saturated heterocycles. The molecule has 1 N–H and O–H groups in total. The van der Waals surface area contributed by atoms with Gasteiger partial charge in [0, 0.05) is 0 Å². The highest BCUT2D eigenvalue weighted by Gasteiger charge is 2.09. The summed E-state index contributed by atoms with van der Waals surface area (Å²) in [7, 11) is 0. The van der Waals surface area contributed by atoms with Gasteiger partial charge in [0.25, 0.3) is 0 Å². The van der Waals surface area contributed by atoms with Crippen molar-refractivity contribution in [1.82, 2.24) is 0 Å². The van der Waals surface area contributed by atoms with Crippen LogP contribution in [0.15, 0.2) is 18.2 Å². The first-order chi connectivity index (χ1) is 4.84. The van der Waals surface area contributed by atoms with Crippen molar-refractivity contribution in [2.24, 2.45) is 0 Å². The van der Waals surface area contributed by atoms with Crippen LogP contribution in [0.1, 0.15) is 25.7 Å². The topological polar surface area (TPSA) is 20.2 Å². The Morgan fingerprint density at radius 1 is 1.60 bits per heavy atom. The molecule has 1 aliphatic rings. The lowest BCUT2D eigenvalue weighted by Gasteiger charge is -2.14. The van der Waals surface area contributed by atoms with Crippen LogP contribution < -0.4 is 0 Å². The van der Waals surface area contributed by atoms with Crippen LogP contribution in [0, 0.1) is 6.08 Å². The van der Waals surface area contributed by atoms with Crippen molar-refractivity contribution in [3.8, 4) is 0 Å². The van der Waals surface area contributed by atoms with Crippen LogP contribution >= 0.6 is 0 Å². The molecule has 10 heavy (non-hydrogen) atoms. The van der Waals surface area contributed by atoms with Gasteiger partial charge in [0.15, 0.2) is 0 Å². The largest absolute Gasteiger partial charge is 0.385 e. The Morgan fingerprint density at radius 2 is 2.40 bits per heavy atom. The van der Waals surface area contributed by atoms with Gasteiger partial charge in [-0.3, -0.25) is 0 Å². The lowest BCUT2D eigenvalue weighted by atomic mass is 9.96. The van der Waals surface area contributed by atoms with E-state index in [1.165, 1.54) is 12.8 Å². The van der Waals surface area contributed by atoms with Crippen LogP contribution in [0.4, 0.5) is 0 Å². The quantitative estimate of drug-likeness (QED) is 0.576. The molecule has 0 aromatic rings. The lowest BCUT2D eigenvalue weighted by molar-refractivity contribution is 0.251. The van der Waals surface area contributed by atoms with E-state index < -0.39 is 6.10 Å². The summed E-state index contributed by atoms with van der Waals surface area (Å²) in [5, 5.41) is 9.27. The zero-order chi connectivity index (χ0) is 7.40. The Bertz CT molecular complexity index is 147. The van der Waals surface area contributed by atoms with Gasteiger partial charge in [-0.05, 0) is 37.3 Å². The molecule has 0 aliphatic heterocycles. The predicted octanol–water partition coefficient (Wildman–Crippen LogP) is 1.84. The first-order valence-electron chi connectivity index (χ1n) is 3.75. The van der Waals surface area contributed by atoms with Crippen LogP contribution in [0.5, 0.6) is 0 Å². The van der Waals surface area contributed by atoms with Crippen molar-refractivity contribution in [1.29, 1.82) is 0 Å². The minimum atomic E-state index is -0.444. The number of rotatable bonds is 2. The van der Waals surface area contributed by atoms with Gasteiger partial charge in [0.05, 0.1) is 6.10 Å². The molecule has 0 spiro atoms. The lowest BCUT2D eigenvalue weighted by Crippen LogP contribution is -2.08. The monoisotopic (exact) mass is 137 g/mol. The molecule has 0 saturated carbocycles. The summed E-state index contributed by atoms with van der Waals surface area (Å²) in [5.41, 5.74) is 1.03. The van der Waals surface area contributed by atoms with Crippen molar-refractivity contribution >= 4 is 0 Å². The molecular formula is C9H13O. The van der Waals surface area contributed by atoms with Gasteiger partial charge in [-0.2, -0.15) is 0 Å². The van der Waals surface area contributed by atoms with Gasteiger partial charge in [-0.15, -0.1) is 6.58 Å². The van der Waals surface area contributed by atoms with Crippen molar-refractivity contribution < 1.29 is 5.11 Å². The standard InChI is InChI=1S/C9H13O/c1-2-9(10)8-6-4-3-5-7-8/h2,9-10H,1,3-6H2. The van der Waals surface area contributed by atoms with Crippen molar-refractivity contribution in [2.45, 2.75) is 31.8 Å². The maximum absolute atomic E-state index is 9.27. The summed E-state index contributed by atoms with van der Waals surface area (Å²) in [5.74, 6) is 0. The highest BCUT2D eigenvalue weighted by Crippen LogP contribution is 2.19. The van der Waals surface area contributed by atoms with Crippen LogP contribution in [0.25, 0.3) is 0 Å². The first kappa shape index (κ1) is 7.55. The minimum Gasteiger partial charge on any atom is -0.385 e. The van der Waals surface area contributed by atoms with E-state index in [0.29, 0.717) is 0 Å². The fraction of sp³-hybridized carbons (Fsp3) is 0.556. The smallest absolute Gasteiger partial charge is 0.0934 e. The summed E-state index contributed by atoms with van der Waals surface area (Å²) in [6.45, 7) is 3.52. The van der Waals surface area contributed by atoms with Gasteiger partial charge >= 0.3 is 0 Å². The first-order valence-corrected chi connectivity index (χ1v) is 3.75. The van der Waals surface area contributed by atoms with E-state index in [2.05, 4.69) is 12.7 Å². The fourth-order valence-electron chi connectivity index (χ4n) is 1.17. The fourth-order valence-corrected chi connectivity index (χ4v) is 1.17. The van der Waals surface area contributed by atoms with Crippen molar-refractivity contribution in [3.63, 3.8) is 0 Å². The van der Waals surface area contributed by atoms with Gasteiger partial charge in [-0.1, -0.05) is 6.08 Å². The molecule has 0 amide bonds. The van der Waals surface area contributed by atoms with Gasteiger partial charge < -0.3 is 5.11 Å². The zero-order valence-corrected chi connectivity index (χ0v) is 6.14. The Labute approximate surface area is 62.1 Å². The summed E-state index contributed by atoms with van der Waals surface area (Å²) in [6.07, 6.45) is 8.68. The number of hydrogen-bond acceptors (Lipinski definition) is 1. The summed E-state index contributed by atoms with van der Waals surface area (Å²) in [4.78, 5) is 0. The molecule has 1 radical (unpaired) electrons. The Kier molecular flexibility index (Phi) is 2.69. The third-order valence-electron chi connectivity index (χ3n) is 1.81. The molecule has 1 atom stereocenters. The van der Waals surface area contributed by atoms with E-state index in [0.717, 1.165) is 18.4 Å². The maximum Gasteiger partial charge on any atom is 0.0934 e. The number of aliphatic hydroxyl groups excluding tert-OH is 1. The SMILES string of the molecule is C=CC(O)C1=[C]CCCC1. The molecule has 1 nitrogen and oxygen atoms in total. The summed E-state index contributed by atoms with van der Waals surface area (Å²) in [6, 6.07) is 0. The van der Waals surface area contributed by atoms with Crippen molar-refractivity contribution in [2.75, 3.05) is 0 Å². The number of allylic oxidation sites excluding steroid dienone is 1. The van der Waals surface area contributed by atoms with Crippen LogP contribution in [-0.2, 0) is 0 Å². The molecule has 1 heteroatoms. The Hall–Kier alpha value is -0.560. The molecular weight excluding hydrogens is 124 g/mol. The van der Waals surface area contributed by atoms with Crippen LogP contribution in [0.3, 0.4) is 0 Å². The molecule has 0 bridgehead atoms. The van der Waals surface area contributed by atoms with Gasteiger partial charge in [0.2, 0.25) is 0 Å². The third-order valence-corrected chi connectivity index (χ3v) is 1.81. The number of aliphatic hydroxyl groups is 1. The summed E-state index contributed by atoms with van der Waals surface area (Å²) >= 11 is 0. The average molecular weight is 137 g/mol. The Morgan fingerprint density at radius 3 is 2.90 bits per heavy atom. The normalized spacial score (nSPS) is 21.5. The van der Waals surface area contributed by atoms with Crippen LogP contribution in [-0.4, -0.2) is 11.2 Å². The minimum absolute atomic E-state index is 0.444. The van der Waals surface area contributed by atoms with E-state index >= 15 is 0 Å². The molecule has 1 rings (SSSR count). The van der Waals surface area contributed by atoms with Crippen molar-refractivity contribution in [3.05, 3.63) is 24.3 Å². The van der Waals surface area contributed by atoms with E-state index in [1.807, 2.05) is 0 Å². The predicted molar refractivity (Wildman–Crippen MR) is 41.4 cm³/mol. The molecule has 0 aromatic heterocycles. The highest BCUT2D eigenvalue weighted by atomic mass is 16.3. The second-order valence-corrected chi connectivity index (χ2v) is 2.59.